The first-order valence-corrected chi connectivity index (χ1v) is 9.43. The summed E-state index contributed by atoms with van der Waals surface area (Å²) in [4.78, 5) is 7.30. The van der Waals surface area contributed by atoms with Crippen molar-refractivity contribution < 1.29 is 9.31 Å². The van der Waals surface area contributed by atoms with E-state index in [-0.39, 0.29) is 0 Å². The highest BCUT2D eigenvalue weighted by Crippen LogP contribution is 2.31. The molecule has 5 nitrogen and oxygen atoms in total. The minimum absolute atomic E-state index is 0.303. The van der Waals surface area contributed by atoms with Crippen molar-refractivity contribution in [3.63, 3.8) is 0 Å². The zero-order valence-electron chi connectivity index (χ0n) is 15.2. The summed E-state index contributed by atoms with van der Waals surface area (Å²) < 4.78 is 8.64. The zero-order valence-corrected chi connectivity index (χ0v) is 15.2. The number of rotatable bonds is 3. The summed E-state index contributed by atoms with van der Waals surface area (Å²) in [5, 5.41) is 3.41. The van der Waals surface area contributed by atoms with Crippen LogP contribution < -0.4 is 5.32 Å². The maximum Gasteiger partial charge on any atom is 0.183 e. The molecule has 0 saturated carbocycles. The molecule has 2 aliphatic carbocycles. The number of hydrogen-bond acceptors (Lipinski definition) is 4. The Labute approximate surface area is 149 Å². The molecular weight excluding hydrogens is 312 g/mol. The SMILES string of the molecule is CC[N+](CC)=C1C=C2OC3=CC(N4CCNCC4)C=CC3=NC2=CC1. The number of fused-ring (bicyclic) bond motifs is 2. The van der Waals surface area contributed by atoms with E-state index in [2.05, 4.69) is 59.0 Å². The molecule has 1 saturated heterocycles. The Kier molecular flexibility index (Phi) is 4.68. The average Bonchev–Trinajstić information content (AvgIpc) is 2.67. The van der Waals surface area contributed by atoms with Crippen molar-refractivity contribution in [3.8, 4) is 0 Å². The molecule has 4 aliphatic rings. The van der Waals surface area contributed by atoms with Crippen molar-refractivity contribution in [2.45, 2.75) is 26.3 Å². The van der Waals surface area contributed by atoms with Gasteiger partial charge in [-0.15, -0.1) is 0 Å². The lowest BCUT2D eigenvalue weighted by atomic mass is 10.0. The molecule has 2 aliphatic heterocycles. The predicted molar refractivity (Wildman–Crippen MR) is 101 cm³/mol. The summed E-state index contributed by atoms with van der Waals surface area (Å²) in [6.45, 7) is 10.7. The Morgan fingerprint density at radius 1 is 1.24 bits per heavy atom. The van der Waals surface area contributed by atoms with E-state index in [0.717, 1.165) is 68.6 Å². The molecule has 0 aromatic carbocycles. The minimum atomic E-state index is 0.303. The van der Waals surface area contributed by atoms with Gasteiger partial charge in [0, 0.05) is 26.2 Å². The lowest BCUT2D eigenvalue weighted by Gasteiger charge is -2.34. The van der Waals surface area contributed by atoms with Crippen LogP contribution in [0.2, 0.25) is 0 Å². The Morgan fingerprint density at radius 3 is 2.80 bits per heavy atom. The van der Waals surface area contributed by atoms with Gasteiger partial charge in [-0.3, -0.25) is 4.90 Å². The van der Waals surface area contributed by atoms with Gasteiger partial charge < -0.3 is 10.1 Å². The lowest BCUT2D eigenvalue weighted by molar-refractivity contribution is -0.520. The number of piperazine rings is 1. The van der Waals surface area contributed by atoms with E-state index in [1.165, 1.54) is 5.71 Å². The third-order valence-corrected chi connectivity index (χ3v) is 5.28. The van der Waals surface area contributed by atoms with Gasteiger partial charge in [-0.25, -0.2) is 9.57 Å². The molecule has 5 heteroatoms. The molecule has 1 atom stereocenters. The Hall–Kier alpha value is -1.98. The monoisotopic (exact) mass is 339 g/mol. The van der Waals surface area contributed by atoms with Crippen molar-refractivity contribution in [1.82, 2.24) is 10.2 Å². The van der Waals surface area contributed by atoms with Gasteiger partial charge in [0.15, 0.2) is 17.2 Å². The first-order chi connectivity index (χ1) is 12.3. The smallest absolute Gasteiger partial charge is 0.183 e. The van der Waals surface area contributed by atoms with Crippen LogP contribution >= 0.6 is 0 Å². The third-order valence-electron chi connectivity index (χ3n) is 5.28. The highest BCUT2D eigenvalue weighted by molar-refractivity contribution is 6.10. The quantitative estimate of drug-likeness (QED) is 0.798. The Balaban J connectivity index is 1.60. The molecule has 132 valence electrons. The fourth-order valence-corrected chi connectivity index (χ4v) is 3.82. The standard InChI is InChI=1S/C20H27N4O/c1-3-23(4-2)15-5-7-17-19(13-15)25-20-14-16(6-8-18(20)22-17)24-11-9-21-10-12-24/h6-8,13-14,16,21H,3-5,9-12H2,1-2H3/q+1. The van der Waals surface area contributed by atoms with E-state index in [1.54, 1.807) is 0 Å². The molecule has 2 heterocycles. The van der Waals surface area contributed by atoms with Crippen LogP contribution in [-0.2, 0) is 4.74 Å². The van der Waals surface area contributed by atoms with E-state index in [0.29, 0.717) is 6.04 Å². The van der Waals surface area contributed by atoms with Gasteiger partial charge in [-0.05, 0) is 32.1 Å². The van der Waals surface area contributed by atoms with E-state index in [4.69, 9.17) is 9.73 Å². The summed E-state index contributed by atoms with van der Waals surface area (Å²) in [5.74, 6) is 1.78. The second kappa shape index (κ2) is 7.10. The number of allylic oxidation sites excluding steroid dienone is 3. The second-order valence-electron chi connectivity index (χ2n) is 6.73. The van der Waals surface area contributed by atoms with Gasteiger partial charge in [0.1, 0.15) is 24.5 Å². The predicted octanol–water partition coefficient (Wildman–Crippen LogP) is 1.85. The fourth-order valence-electron chi connectivity index (χ4n) is 3.82. The molecule has 0 aromatic rings. The molecule has 0 amide bonds. The molecule has 4 rings (SSSR count). The summed E-state index contributed by atoms with van der Waals surface area (Å²) in [7, 11) is 0. The van der Waals surface area contributed by atoms with E-state index >= 15 is 0 Å². The summed E-state index contributed by atoms with van der Waals surface area (Å²) in [5.41, 5.74) is 3.22. The molecule has 0 radical (unpaired) electrons. The van der Waals surface area contributed by atoms with Crippen LogP contribution in [-0.4, -0.2) is 66.2 Å². The van der Waals surface area contributed by atoms with Crippen LogP contribution in [0, 0.1) is 0 Å². The summed E-state index contributed by atoms with van der Waals surface area (Å²) in [6, 6.07) is 0.303. The molecule has 0 spiro atoms. The van der Waals surface area contributed by atoms with E-state index in [9.17, 15) is 0 Å². The van der Waals surface area contributed by atoms with Crippen LogP contribution in [0.1, 0.15) is 20.3 Å². The maximum absolute atomic E-state index is 6.27. The zero-order chi connectivity index (χ0) is 17.2. The van der Waals surface area contributed by atoms with Crippen molar-refractivity contribution in [2.75, 3.05) is 39.3 Å². The van der Waals surface area contributed by atoms with Crippen molar-refractivity contribution in [2.24, 2.45) is 4.99 Å². The second-order valence-corrected chi connectivity index (χ2v) is 6.73. The molecular formula is C20H27N4O+. The van der Waals surface area contributed by atoms with Gasteiger partial charge in [0.2, 0.25) is 0 Å². The largest absolute Gasteiger partial charge is 0.453 e. The molecule has 1 fully saturated rings. The third kappa shape index (κ3) is 3.26. The average molecular weight is 339 g/mol. The van der Waals surface area contributed by atoms with Gasteiger partial charge in [0.05, 0.1) is 18.5 Å². The Morgan fingerprint density at radius 2 is 2.04 bits per heavy atom. The highest BCUT2D eigenvalue weighted by atomic mass is 16.5. The van der Waals surface area contributed by atoms with Gasteiger partial charge >= 0.3 is 0 Å². The first kappa shape index (κ1) is 16.5. The number of hydrogen-bond donors (Lipinski definition) is 1. The van der Waals surface area contributed by atoms with Gasteiger partial charge in [-0.2, -0.15) is 0 Å². The highest BCUT2D eigenvalue weighted by Gasteiger charge is 2.29. The first-order valence-electron chi connectivity index (χ1n) is 9.43. The van der Waals surface area contributed by atoms with Crippen LogP contribution in [0.25, 0.3) is 0 Å². The van der Waals surface area contributed by atoms with Crippen LogP contribution in [0.4, 0.5) is 0 Å². The van der Waals surface area contributed by atoms with Gasteiger partial charge in [-0.1, -0.05) is 6.08 Å². The van der Waals surface area contributed by atoms with Gasteiger partial charge in [0.25, 0.3) is 0 Å². The fraction of sp³-hybridized carbons (Fsp3) is 0.500. The van der Waals surface area contributed by atoms with Crippen LogP contribution in [0.5, 0.6) is 0 Å². The van der Waals surface area contributed by atoms with Crippen LogP contribution in [0.15, 0.2) is 52.6 Å². The number of ether oxygens (including phenoxy) is 1. The number of nitrogens with one attached hydrogen (secondary N) is 1. The number of nitrogens with zero attached hydrogens (tertiary/aromatic N) is 3. The molecule has 25 heavy (non-hydrogen) atoms. The molecule has 0 bridgehead atoms. The van der Waals surface area contributed by atoms with Crippen LogP contribution in [0.3, 0.4) is 0 Å². The minimum Gasteiger partial charge on any atom is -0.453 e. The van der Waals surface area contributed by atoms with E-state index in [1.807, 2.05) is 0 Å². The molecule has 1 N–H and O–H groups in total. The van der Waals surface area contributed by atoms with Crippen molar-refractivity contribution in [3.05, 3.63) is 47.6 Å². The van der Waals surface area contributed by atoms with Crippen molar-refractivity contribution >= 4 is 11.4 Å². The lowest BCUT2D eigenvalue weighted by Crippen LogP contribution is -2.48. The molecule has 1 unspecified atom stereocenters. The van der Waals surface area contributed by atoms with E-state index < -0.39 is 0 Å². The normalized spacial score (nSPS) is 25.8. The summed E-state index contributed by atoms with van der Waals surface area (Å²) in [6.07, 6.45) is 11.8. The topological polar surface area (TPSA) is 39.9 Å². The Bertz CT molecular complexity index is 727. The number of aliphatic imine (C=N–C) groups is 1. The summed E-state index contributed by atoms with van der Waals surface area (Å²) >= 11 is 0. The molecule has 0 aromatic heterocycles. The maximum atomic E-state index is 6.27. The van der Waals surface area contributed by atoms with Crippen molar-refractivity contribution in [1.29, 1.82) is 0 Å².